The third kappa shape index (κ3) is 1.97. The zero-order valence-electron chi connectivity index (χ0n) is 7.79. The number of rotatable bonds is 1. The van der Waals surface area contributed by atoms with Gasteiger partial charge in [-0.05, 0) is 13.8 Å². The molecule has 0 aliphatic carbocycles. The summed E-state index contributed by atoms with van der Waals surface area (Å²) in [5.41, 5.74) is 1.35. The van der Waals surface area contributed by atoms with E-state index in [1.165, 1.54) is 0 Å². The Hall–Kier alpha value is -1.56. The van der Waals surface area contributed by atoms with Gasteiger partial charge in [0.1, 0.15) is 0 Å². The number of hydrogen-bond acceptors (Lipinski definition) is 2. The lowest BCUT2D eigenvalue weighted by Crippen LogP contribution is -2.30. The van der Waals surface area contributed by atoms with E-state index in [1.54, 1.807) is 6.92 Å². The van der Waals surface area contributed by atoms with Gasteiger partial charge in [-0.15, -0.1) is 0 Å². The van der Waals surface area contributed by atoms with Crippen molar-refractivity contribution in [3.8, 4) is 6.07 Å². The van der Waals surface area contributed by atoms with Gasteiger partial charge in [0, 0.05) is 18.0 Å². The standard InChI is InChI=1S/C10H12N2O/c1-3-4-8-5-10(13)12-7(2)9(8)6-11/h3-4,8H,5H2,1-2H3,(H,12,13)/b4-3+. The number of nitrogens with zero attached hydrogens (tertiary/aromatic N) is 1. The summed E-state index contributed by atoms with van der Waals surface area (Å²) in [6.45, 7) is 3.64. The summed E-state index contributed by atoms with van der Waals surface area (Å²) in [6, 6.07) is 2.12. The minimum Gasteiger partial charge on any atom is -0.329 e. The van der Waals surface area contributed by atoms with Gasteiger partial charge in [-0.25, -0.2) is 0 Å². The van der Waals surface area contributed by atoms with Gasteiger partial charge < -0.3 is 5.32 Å². The molecule has 1 heterocycles. The molecule has 1 atom stereocenters. The fraction of sp³-hybridized carbons (Fsp3) is 0.400. The van der Waals surface area contributed by atoms with Gasteiger partial charge in [0.05, 0.1) is 11.6 Å². The molecule has 0 spiro atoms. The maximum Gasteiger partial charge on any atom is 0.225 e. The van der Waals surface area contributed by atoms with Gasteiger partial charge in [-0.1, -0.05) is 12.2 Å². The molecule has 1 aliphatic rings. The van der Waals surface area contributed by atoms with Gasteiger partial charge in [0.15, 0.2) is 0 Å². The Morgan fingerprint density at radius 1 is 1.69 bits per heavy atom. The van der Waals surface area contributed by atoms with Crippen molar-refractivity contribution in [1.29, 1.82) is 5.26 Å². The van der Waals surface area contributed by atoms with Gasteiger partial charge >= 0.3 is 0 Å². The molecule has 1 amide bonds. The largest absolute Gasteiger partial charge is 0.329 e. The van der Waals surface area contributed by atoms with Gasteiger partial charge in [0.2, 0.25) is 5.91 Å². The maximum absolute atomic E-state index is 11.1. The van der Waals surface area contributed by atoms with Gasteiger partial charge in [-0.2, -0.15) is 5.26 Å². The first kappa shape index (κ1) is 9.53. The number of carbonyl (C=O) groups is 1. The van der Waals surface area contributed by atoms with Crippen LogP contribution in [0.15, 0.2) is 23.4 Å². The molecule has 13 heavy (non-hydrogen) atoms. The summed E-state index contributed by atoms with van der Waals surface area (Å²) in [4.78, 5) is 11.1. The smallest absolute Gasteiger partial charge is 0.225 e. The maximum atomic E-state index is 11.1. The highest BCUT2D eigenvalue weighted by Crippen LogP contribution is 2.22. The van der Waals surface area contributed by atoms with Crippen molar-refractivity contribution in [1.82, 2.24) is 5.32 Å². The highest BCUT2D eigenvalue weighted by Gasteiger charge is 2.23. The van der Waals surface area contributed by atoms with Crippen LogP contribution in [0, 0.1) is 17.2 Å². The molecule has 0 aromatic rings. The Morgan fingerprint density at radius 3 is 2.92 bits per heavy atom. The van der Waals surface area contributed by atoms with Crippen LogP contribution in [0.1, 0.15) is 20.3 Å². The molecule has 1 aliphatic heterocycles. The summed E-state index contributed by atoms with van der Waals surface area (Å²) >= 11 is 0. The molecule has 0 saturated heterocycles. The SMILES string of the molecule is C/C=C/C1CC(=O)NC(C)=C1C#N. The van der Waals surface area contributed by atoms with Crippen molar-refractivity contribution in [3.63, 3.8) is 0 Å². The molecule has 0 aromatic carbocycles. The number of nitrogens with one attached hydrogen (secondary N) is 1. The highest BCUT2D eigenvalue weighted by molar-refractivity contribution is 5.81. The van der Waals surface area contributed by atoms with E-state index in [4.69, 9.17) is 5.26 Å². The first-order valence-electron chi connectivity index (χ1n) is 4.22. The van der Waals surface area contributed by atoms with E-state index in [0.29, 0.717) is 17.7 Å². The lowest BCUT2D eigenvalue weighted by Gasteiger charge is -2.20. The highest BCUT2D eigenvalue weighted by atomic mass is 16.1. The molecule has 3 heteroatoms. The van der Waals surface area contributed by atoms with Crippen molar-refractivity contribution >= 4 is 5.91 Å². The molecule has 1 N–H and O–H groups in total. The molecule has 0 saturated carbocycles. The lowest BCUT2D eigenvalue weighted by atomic mass is 9.91. The van der Waals surface area contributed by atoms with Crippen LogP contribution in [0.3, 0.4) is 0 Å². The molecule has 0 fully saturated rings. The van der Waals surface area contributed by atoms with Crippen molar-refractivity contribution in [2.24, 2.45) is 5.92 Å². The molecular weight excluding hydrogens is 164 g/mol. The van der Waals surface area contributed by atoms with Gasteiger partial charge in [-0.3, -0.25) is 4.79 Å². The predicted octanol–water partition coefficient (Wildman–Crippen LogP) is 1.50. The average molecular weight is 176 g/mol. The Labute approximate surface area is 77.7 Å². The normalized spacial score (nSPS) is 23.2. The molecule has 0 aromatic heterocycles. The van der Waals surface area contributed by atoms with E-state index < -0.39 is 0 Å². The fourth-order valence-corrected chi connectivity index (χ4v) is 1.47. The van der Waals surface area contributed by atoms with E-state index >= 15 is 0 Å². The molecule has 3 nitrogen and oxygen atoms in total. The van der Waals surface area contributed by atoms with Crippen LogP contribution in [0.4, 0.5) is 0 Å². The second-order valence-electron chi connectivity index (χ2n) is 3.04. The van der Waals surface area contributed by atoms with E-state index in [1.807, 2.05) is 19.1 Å². The first-order valence-corrected chi connectivity index (χ1v) is 4.22. The van der Waals surface area contributed by atoms with E-state index in [0.717, 1.165) is 0 Å². The van der Waals surface area contributed by atoms with Crippen LogP contribution in [0.25, 0.3) is 0 Å². The van der Waals surface area contributed by atoms with Crippen LogP contribution in [-0.2, 0) is 4.79 Å². The zero-order chi connectivity index (χ0) is 9.84. The van der Waals surface area contributed by atoms with Gasteiger partial charge in [0.25, 0.3) is 0 Å². The molecular formula is C10H12N2O. The molecule has 0 bridgehead atoms. The Balaban J connectivity index is 3.01. The van der Waals surface area contributed by atoms with Crippen molar-refractivity contribution in [3.05, 3.63) is 23.4 Å². The van der Waals surface area contributed by atoms with Crippen LogP contribution in [0.2, 0.25) is 0 Å². The summed E-state index contributed by atoms with van der Waals surface area (Å²) in [5, 5.41) is 11.5. The lowest BCUT2D eigenvalue weighted by molar-refractivity contribution is -0.121. The second kappa shape index (κ2) is 3.90. The van der Waals surface area contributed by atoms with Crippen molar-refractivity contribution < 1.29 is 4.79 Å². The van der Waals surface area contributed by atoms with E-state index in [-0.39, 0.29) is 11.8 Å². The monoisotopic (exact) mass is 176 g/mol. The van der Waals surface area contributed by atoms with Crippen LogP contribution in [0.5, 0.6) is 0 Å². The minimum absolute atomic E-state index is 0.0143. The van der Waals surface area contributed by atoms with E-state index in [2.05, 4.69) is 11.4 Å². The molecule has 1 rings (SSSR count). The summed E-state index contributed by atoms with van der Waals surface area (Å²) in [5.74, 6) is -0.0525. The number of amides is 1. The van der Waals surface area contributed by atoms with Crippen molar-refractivity contribution in [2.45, 2.75) is 20.3 Å². The second-order valence-corrected chi connectivity index (χ2v) is 3.04. The number of carbonyl (C=O) groups excluding carboxylic acids is 1. The zero-order valence-corrected chi connectivity index (χ0v) is 7.79. The fourth-order valence-electron chi connectivity index (χ4n) is 1.47. The van der Waals surface area contributed by atoms with Crippen LogP contribution >= 0.6 is 0 Å². The van der Waals surface area contributed by atoms with Crippen LogP contribution in [-0.4, -0.2) is 5.91 Å². The molecule has 0 radical (unpaired) electrons. The average Bonchev–Trinajstić information content (AvgIpc) is 2.04. The summed E-state index contributed by atoms with van der Waals surface area (Å²) in [7, 11) is 0. The number of hydrogen-bond donors (Lipinski definition) is 1. The summed E-state index contributed by atoms with van der Waals surface area (Å²) < 4.78 is 0. The Kier molecular flexibility index (Phi) is 2.86. The minimum atomic E-state index is -0.0382. The van der Waals surface area contributed by atoms with Crippen molar-refractivity contribution in [2.75, 3.05) is 0 Å². The van der Waals surface area contributed by atoms with E-state index in [9.17, 15) is 4.79 Å². The first-order chi connectivity index (χ1) is 6.19. The molecule has 68 valence electrons. The third-order valence-corrected chi connectivity index (χ3v) is 2.05. The molecule has 1 unspecified atom stereocenters. The van der Waals surface area contributed by atoms with Crippen LogP contribution < -0.4 is 5.32 Å². The topological polar surface area (TPSA) is 52.9 Å². The predicted molar refractivity (Wildman–Crippen MR) is 49.4 cm³/mol. The Bertz CT molecular complexity index is 320. The Morgan fingerprint density at radius 2 is 2.38 bits per heavy atom. The number of allylic oxidation sites excluding steroid dienone is 4. The quantitative estimate of drug-likeness (QED) is 0.615. The number of nitriles is 1. The third-order valence-electron chi connectivity index (χ3n) is 2.05. The summed E-state index contributed by atoms with van der Waals surface area (Å²) in [6.07, 6.45) is 4.14.